The van der Waals surface area contributed by atoms with Crippen LogP contribution in [0, 0.1) is 11.7 Å². The molecule has 0 nitrogen and oxygen atoms in total. The molecule has 0 fully saturated rings. The quantitative estimate of drug-likeness (QED) is 0.253. The van der Waals surface area contributed by atoms with E-state index in [2.05, 4.69) is 76.8 Å². The van der Waals surface area contributed by atoms with Gasteiger partial charge in [-0.25, -0.2) is 4.39 Å². The Bertz CT molecular complexity index is 924. The smallest absolute Gasteiger partial charge is 0.127 e. The van der Waals surface area contributed by atoms with Crippen LogP contribution in [-0.4, -0.2) is 0 Å². The third-order valence-corrected chi connectivity index (χ3v) is 5.56. The lowest BCUT2D eigenvalue weighted by atomic mass is 9.95. The average molecular weight is 417 g/mol. The second-order valence-electron chi connectivity index (χ2n) is 8.60. The Morgan fingerprint density at radius 2 is 1.77 bits per heavy atom. The molecule has 31 heavy (non-hydrogen) atoms. The zero-order valence-electron chi connectivity index (χ0n) is 19.6. The van der Waals surface area contributed by atoms with E-state index in [1.165, 1.54) is 16.7 Å². The molecule has 0 N–H and O–H groups in total. The van der Waals surface area contributed by atoms with Crippen molar-refractivity contribution in [2.75, 3.05) is 0 Å². The van der Waals surface area contributed by atoms with Crippen LogP contribution in [0.3, 0.4) is 0 Å². The Kier molecular flexibility index (Phi) is 10.2. The lowest BCUT2D eigenvalue weighted by molar-refractivity contribution is 0.598. The van der Waals surface area contributed by atoms with Crippen LogP contribution in [0.1, 0.15) is 70.1 Å². The number of rotatable bonds is 11. The molecule has 2 aromatic carbocycles. The first-order valence-corrected chi connectivity index (χ1v) is 11.5. The van der Waals surface area contributed by atoms with Crippen LogP contribution >= 0.6 is 0 Å². The highest BCUT2D eigenvalue weighted by molar-refractivity contribution is 5.72. The first-order valence-electron chi connectivity index (χ1n) is 11.5. The van der Waals surface area contributed by atoms with Crippen molar-refractivity contribution in [2.24, 2.45) is 5.92 Å². The van der Waals surface area contributed by atoms with Gasteiger partial charge >= 0.3 is 0 Å². The molecular weight excluding hydrogens is 379 g/mol. The van der Waals surface area contributed by atoms with Gasteiger partial charge in [-0.15, -0.1) is 0 Å². The van der Waals surface area contributed by atoms with E-state index in [9.17, 15) is 4.39 Å². The molecule has 0 aliphatic heterocycles. The Hall–Kier alpha value is -2.67. The van der Waals surface area contributed by atoms with Crippen LogP contribution in [0.2, 0.25) is 0 Å². The fourth-order valence-corrected chi connectivity index (χ4v) is 3.51. The number of halogens is 1. The van der Waals surface area contributed by atoms with Gasteiger partial charge in [-0.05, 0) is 72.9 Å². The van der Waals surface area contributed by atoms with Crippen LogP contribution < -0.4 is 0 Å². The Morgan fingerprint density at radius 3 is 2.42 bits per heavy atom. The van der Waals surface area contributed by atoms with Crippen LogP contribution in [0.15, 0.2) is 84.5 Å². The van der Waals surface area contributed by atoms with Crippen LogP contribution in [0.4, 0.5) is 4.39 Å². The summed E-state index contributed by atoms with van der Waals surface area (Å²) in [6, 6.07) is 15.9. The summed E-state index contributed by atoms with van der Waals surface area (Å²) in [5.41, 5.74) is 6.29. The SMILES string of the molecule is C=C(/C=C\C(CC(C)/C=C/c1ccccc1)=C(C)C)c1ccc(CCCCC)c(F)c1. The predicted octanol–water partition coefficient (Wildman–Crippen LogP) is 9.20. The minimum Gasteiger partial charge on any atom is -0.207 e. The van der Waals surface area contributed by atoms with E-state index in [-0.39, 0.29) is 5.82 Å². The van der Waals surface area contributed by atoms with Gasteiger partial charge in [-0.1, -0.05) is 106 Å². The highest BCUT2D eigenvalue weighted by Crippen LogP contribution is 2.23. The molecule has 1 heteroatoms. The normalized spacial score (nSPS) is 12.4. The largest absolute Gasteiger partial charge is 0.207 e. The van der Waals surface area contributed by atoms with Gasteiger partial charge in [-0.3, -0.25) is 0 Å². The molecule has 0 aliphatic rings. The average Bonchev–Trinajstić information content (AvgIpc) is 2.76. The summed E-state index contributed by atoms with van der Waals surface area (Å²) in [7, 11) is 0. The van der Waals surface area contributed by atoms with Gasteiger partial charge in [0.2, 0.25) is 0 Å². The van der Waals surface area contributed by atoms with Gasteiger partial charge in [0, 0.05) is 0 Å². The number of allylic oxidation sites excluding steroid dienone is 6. The van der Waals surface area contributed by atoms with E-state index in [0.29, 0.717) is 5.92 Å². The number of hydrogen-bond acceptors (Lipinski definition) is 0. The van der Waals surface area contributed by atoms with Crippen molar-refractivity contribution in [1.29, 1.82) is 0 Å². The van der Waals surface area contributed by atoms with Crippen molar-refractivity contribution in [2.45, 2.75) is 59.8 Å². The Balaban J connectivity index is 2.01. The van der Waals surface area contributed by atoms with Crippen LogP contribution in [-0.2, 0) is 6.42 Å². The van der Waals surface area contributed by atoms with Gasteiger partial charge in [-0.2, -0.15) is 0 Å². The molecule has 0 saturated carbocycles. The molecule has 2 aromatic rings. The van der Waals surface area contributed by atoms with Gasteiger partial charge in [0.15, 0.2) is 0 Å². The van der Waals surface area contributed by atoms with Crippen molar-refractivity contribution in [3.05, 3.63) is 107 Å². The minimum absolute atomic E-state index is 0.120. The molecular formula is C30H37F. The van der Waals surface area contributed by atoms with Gasteiger partial charge < -0.3 is 0 Å². The number of benzene rings is 2. The van der Waals surface area contributed by atoms with E-state index in [4.69, 9.17) is 0 Å². The molecule has 1 unspecified atom stereocenters. The number of unbranched alkanes of at least 4 members (excludes halogenated alkanes) is 2. The summed E-state index contributed by atoms with van der Waals surface area (Å²) in [6.45, 7) is 12.8. The lowest BCUT2D eigenvalue weighted by Gasteiger charge is -2.11. The van der Waals surface area contributed by atoms with Gasteiger partial charge in [0.05, 0.1) is 0 Å². The maximum Gasteiger partial charge on any atom is 0.127 e. The molecule has 0 bridgehead atoms. The van der Waals surface area contributed by atoms with E-state index >= 15 is 0 Å². The molecule has 0 amide bonds. The highest BCUT2D eigenvalue weighted by Gasteiger charge is 2.06. The van der Waals surface area contributed by atoms with Crippen molar-refractivity contribution >= 4 is 11.6 Å². The maximum absolute atomic E-state index is 14.5. The molecule has 0 saturated heterocycles. The summed E-state index contributed by atoms with van der Waals surface area (Å²) in [5, 5.41) is 0. The first-order chi connectivity index (χ1) is 14.9. The predicted molar refractivity (Wildman–Crippen MR) is 135 cm³/mol. The Labute approximate surface area is 188 Å². The van der Waals surface area contributed by atoms with Crippen molar-refractivity contribution in [3.63, 3.8) is 0 Å². The molecule has 0 aliphatic carbocycles. The molecule has 0 heterocycles. The van der Waals surface area contributed by atoms with E-state index < -0.39 is 0 Å². The van der Waals surface area contributed by atoms with E-state index in [1.54, 1.807) is 6.07 Å². The van der Waals surface area contributed by atoms with Gasteiger partial charge in [0.25, 0.3) is 0 Å². The standard InChI is InChI=1S/C30H37F/c1-6-7-9-14-27-19-20-29(22-30(27)31)25(5)16-18-28(23(2)3)21-24(4)15-17-26-12-10-8-11-13-26/h8,10-13,15-20,22,24H,5-7,9,14,21H2,1-4H3/b17-15+,18-16-. The zero-order valence-corrected chi connectivity index (χ0v) is 19.6. The third kappa shape index (κ3) is 8.53. The van der Waals surface area contributed by atoms with Crippen LogP contribution in [0.5, 0.6) is 0 Å². The Morgan fingerprint density at radius 1 is 1.03 bits per heavy atom. The van der Waals surface area contributed by atoms with Crippen LogP contribution in [0.25, 0.3) is 11.6 Å². The first kappa shape index (κ1) is 24.6. The third-order valence-electron chi connectivity index (χ3n) is 5.56. The fourth-order valence-electron chi connectivity index (χ4n) is 3.51. The molecule has 0 spiro atoms. The number of hydrogen-bond donors (Lipinski definition) is 0. The molecule has 1 atom stereocenters. The van der Waals surface area contributed by atoms with Crippen molar-refractivity contribution < 1.29 is 4.39 Å². The zero-order chi connectivity index (χ0) is 22.6. The minimum atomic E-state index is -0.120. The highest BCUT2D eigenvalue weighted by atomic mass is 19.1. The second kappa shape index (κ2) is 12.9. The fraction of sp³-hybridized carbons (Fsp3) is 0.333. The monoisotopic (exact) mass is 416 g/mol. The number of aryl methyl sites for hydroxylation is 1. The topological polar surface area (TPSA) is 0 Å². The summed E-state index contributed by atoms with van der Waals surface area (Å²) in [6.07, 6.45) is 13.7. The van der Waals surface area contributed by atoms with Gasteiger partial charge in [0.1, 0.15) is 5.82 Å². The summed E-state index contributed by atoms with van der Waals surface area (Å²) in [5.74, 6) is 0.299. The lowest BCUT2D eigenvalue weighted by Crippen LogP contribution is -1.94. The molecule has 164 valence electrons. The summed E-state index contributed by atoms with van der Waals surface area (Å²) in [4.78, 5) is 0. The molecule has 2 rings (SSSR count). The van der Waals surface area contributed by atoms with E-state index in [0.717, 1.165) is 48.8 Å². The summed E-state index contributed by atoms with van der Waals surface area (Å²) < 4.78 is 14.5. The molecule has 0 aromatic heterocycles. The second-order valence-corrected chi connectivity index (χ2v) is 8.60. The van der Waals surface area contributed by atoms with E-state index in [1.807, 2.05) is 24.3 Å². The van der Waals surface area contributed by atoms with Crippen molar-refractivity contribution in [3.8, 4) is 0 Å². The maximum atomic E-state index is 14.5. The summed E-state index contributed by atoms with van der Waals surface area (Å²) >= 11 is 0. The molecule has 0 radical (unpaired) electrons. The van der Waals surface area contributed by atoms with Crippen molar-refractivity contribution in [1.82, 2.24) is 0 Å².